The molecule has 6 heteroatoms. The number of imidazole rings is 1. The van der Waals surface area contributed by atoms with Gasteiger partial charge in [0, 0.05) is 53.9 Å². The lowest BCUT2D eigenvalue weighted by Gasteiger charge is -2.04. The lowest BCUT2D eigenvalue weighted by atomic mass is 10.1. The molecule has 4 heterocycles. The maximum Gasteiger partial charge on any atom is 0.173 e. The molecule has 0 amide bonds. The van der Waals surface area contributed by atoms with Crippen molar-refractivity contribution in [3.8, 4) is 11.1 Å². The minimum Gasteiger partial charge on any atom is -0.345 e. The van der Waals surface area contributed by atoms with Gasteiger partial charge in [-0.25, -0.2) is 19.3 Å². The second kappa shape index (κ2) is 5.15. The average molecular weight is 309 g/mol. The molecule has 0 unspecified atom stereocenters. The first-order chi connectivity index (χ1) is 11.1. The standard InChI is InChI=1S/C17H16FN5/c1-10(2)5-15-20-8-13-12(7-21-16(13)22-15)11-6-14(18)17-19-3-4-23(17)9-11/h3-4,6-10H,5H2,1-2H3,(H,20,21,22). The van der Waals surface area contributed by atoms with E-state index >= 15 is 0 Å². The first-order valence-corrected chi connectivity index (χ1v) is 7.57. The van der Waals surface area contributed by atoms with Crippen LogP contribution in [0.3, 0.4) is 0 Å². The Morgan fingerprint density at radius 2 is 2.17 bits per heavy atom. The molecule has 23 heavy (non-hydrogen) atoms. The third kappa shape index (κ3) is 2.36. The highest BCUT2D eigenvalue weighted by Crippen LogP contribution is 2.28. The van der Waals surface area contributed by atoms with Crippen LogP contribution in [-0.4, -0.2) is 24.3 Å². The summed E-state index contributed by atoms with van der Waals surface area (Å²) in [6.45, 7) is 4.27. The zero-order valence-electron chi connectivity index (χ0n) is 12.9. The number of pyridine rings is 1. The van der Waals surface area contributed by atoms with Gasteiger partial charge in [-0.2, -0.15) is 0 Å². The average Bonchev–Trinajstić information content (AvgIpc) is 3.12. The number of halogens is 1. The van der Waals surface area contributed by atoms with Crippen LogP contribution >= 0.6 is 0 Å². The number of hydrogen-bond acceptors (Lipinski definition) is 3. The van der Waals surface area contributed by atoms with E-state index in [0.29, 0.717) is 11.6 Å². The zero-order chi connectivity index (χ0) is 16.0. The largest absolute Gasteiger partial charge is 0.345 e. The van der Waals surface area contributed by atoms with Gasteiger partial charge in [-0.1, -0.05) is 13.8 Å². The maximum absolute atomic E-state index is 14.2. The molecule has 4 aromatic heterocycles. The molecule has 0 saturated heterocycles. The quantitative estimate of drug-likeness (QED) is 0.629. The van der Waals surface area contributed by atoms with Crippen LogP contribution in [-0.2, 0) is 6.42 Å². The van der Waals surface area contributed by atoms with Crippen LogP contribution < -0.4 is 0 Å². The van der Waals surface area contributed by atoms with Crippen molar-refractivity contribution in [2.75, 3.05) is 0 Å². The van der Waals surface area contributed by atoms with Crippen molar-refractivity contribution < 1.29 is 4.39 Å². The van der Waals surface area contributed by atoms with Crippen molar-refractivity contribution in [2.45, 2.75) is 20.3 Å². The molecule has 0 saturated carbocycles. The van der Waals surface area contributed by atoms with E-state index in [1.54, 1.807) is 16.8 Å². The van der Waals surface area contributed by atoms with E-state index in [0.717, 1.165) is 34.4 Å². The van der Waals surface area contributed by atoms with E-state index < -0.39 is 0 Å². The Bertz CT molecular complexity index is 999. The lowest BCUT2D eigenvalue weighted by Crippen LogP contribution is -2.00. The van der Waals surface area contributed by atoms with Crippen LogP contribution in [0.4, 0.5) is 4.39 Å². The Labute approximate surface area is 132 Å². The summed E-state index contributed by atoms with van der Waals surface area (Å²) in [7, 11) is 0. The second-order valence-corrected chi connectivity index (χ2v) is 6.08. The number of rotatable bonds is 3. The molecule has 0 radical (unpaired) electrons. The first kappa shape index (κ1) is 13.9. The smallest absolute Gasteiger partial charge is 0.173 e. The molecule has 0 aliphatic rings. The molecule has 0 aliphatic heterocycles. The van der Waals surface area contributed by atoms with Crippen molar-refractivity contribution in [3.63, 3.8) is 0 Å². The summed E-state index contributed by atoms with van der Waals surface area (Å²) in [5, 5.41) is 0.886. The molecule has 0 aromatic carbocycles. The van der Waals surface area contributed by atoms with Crippen LogP contribution in [0, 0.1) is 11.7 Å². The molecule has 0 aliphatic carbocycles. The zero-order valence-corrected chi connectivity index (χ0v) is 12.9. The second-order valence-electron chi connectivity index (χ2n) is 6.08. The Hall–Kier alpha value is -2.76. The summed E-state index contributed by atoms with van der Waals surface area (Å²) >= 11 is 0. The predicted octanol–water partition coefficient (Wildman–Crippen LogP) is 3.61. The van der Waals surface area contributed by atoms with Gasteiger partial charge in [0.15, 0.2) is 11.5 Å². The molecule has 0 spiro atoms. The van der Waals surface area contributed by atoms with E-state index in [4.69, 9.17) is 0 Å². The van der Waals surface area contributed by atoms with E-state index in [2.05, 4.69) is 33.8 Å². The molecule has 0 atom stereocenters. The maximum atomic E-state index is 14.2. The molecule has 116 valence electrons. The minimum absolute atomic E-state index is 0.323. The highest BCUT2D eigenvalue weighted by molar-refractivity contribution is 5.93. The third-order valence-electron chi connectivity index (χ3n) is 3.83. The highest BCUT2D eigenvalue weighted by atomic mass is 19.1. The summed E-state index contributed by atoms with van der Waals surface area (Å²) in [5.74, 6) is 0.968. The van der Waals surface area contributed by atoms with Gasteiger partial charge in [0.05, 0.1) is 0 Å². The summed E-state index contributed by atoms with van der Waals surface area (Å²) in [4.78, 5) is 16.2. The van der Waals surface area contributed by atoms with Crippen LogP contribution in [0.25, 0.3) is 27.8 Å². The minimum atomic E-state index is -0.348. The highest BCUT2D eigenvalue weighted by Gasteiger charge is 2.12. The summed E-state index contributed by atoms with van der Waals surface area (Å²) in [5.41, 5.74) is 2.74. The molecule has 0 fully saturated rings. The SMILES string of the molecule is CC(C)Cc1ncc2c(-c3cc(F)c4nccn4c3)c[nH]c2n1. The first-order valence-electron chi connectivity index (χ1n) is 7.57. The normalized spacial score (nSPS) is 11.8. The number of nitrogens with zero attached hydrogens (tertiary/aromatic N) is 4. The molecule has 5 nitrogen and oxygen atoms in total. The lowest BCUT2D eigenvalue weighted by molar-refractivity contribution is 0.622. The van der Waals surface area contributed by atoms with Gasteiger partial charge in [0.25, 0.3) is 0 Å². The number of H-pyrrole nitrogens is 1. The molecule has 0 bridgehead atoms. The van der Waals surface area contributed by atoms with Crippen molar-refractivity contribution >= 4 is 16.7 Å². The number of aromatic amines is 1. The number of fused-ring (bicyclic) bond motifs is 2. The van der Waals surface area contributed by atoms with Gasteiger partial charge < -0.3 is 9.38 Å². The predicted molar refractivity (Wildman–Crippen MR) is 86.6 cm³/mol. The van der Waals surface area contributed by atoms with Crippen LogP contribution in [0.2, 0.25) is 0 Å². The third-order valence-corrected chi connectivity index (χ3v) is 3.83. The van der Waals surface area contributed by atoms with Gasteiger partial charge in [0.1, 0.15) is 11.5 Å². The fourth-order valence-corrected chi connectivity index (χ4v) is 2.78. The Kier molecular flexibility index (Phi) is 3.11. The van der Waals surface area contributed by atoms with Crippen LogP contribution in [0.15, 0.2) is 37.1 Å². The molecule has 4 rings (SSSR count). The number of nitrogens with one attached hydrogen (secondary N) is 1. The monoisotopic (exact) mass is 309 g/mol. The number of aromatic nitrogens is 5. The summed E-state index contributed by atoms with van der Waals surface area (Å²) < 4.78 is 15.8. The molecular weight excluding hydrogens is 293 g/mol. The Morgan fingerprint density at radius 1 is 1.30 bits per heavy atom. The van der Waals surface area contributed by atoms with Crippen LogP contribution in [0.5, 0.6) is 0 Å². The van der Waals surface area contributed by atoms with Crippen molar-refractivity contribution in [2.24, 2.45) is 5.92 Å². The summed E-state index contributed by atoms with van der Waals surface area (Å²) in [6, 6.07) is 1.49. The fourth-order valence-electron chi connectivity index (χ4n) is 2.78. The molecule has 4 aromatic rings. The van der Waals surface area contributed by atoms with E-state index in [1.807, 2.05) is 18.6 Å². The molecular formula is C17H16FN5. The van der Waals surface area contributed by atoms with E-state index in [1.165, 1.54) is 6.07 Å². The van der Waals surface area contributed by atoms with Crippen molar-refractivity contribution in [1.29, 1.82) is 0 Å². The number of hydrogen-bond donors (Lipinski definition) is 1. The topological polar surface area (TPSA) is 58.9 Å². The van der Waals surface area contributed by atoms with Crippen molar-refractivity contribution in [3.05, 3.63) is 48.7 Å². The van der Waals surface area contributed by atoms with Gasteiger partial charge >= 0.3 is 0 Å². The van der Waals surface area contributed by atoms with Gasteiger partial charge in [-0.3, -0.25) is 0 Å². The Morgan fingerprint density at radius 3 is 3.00 bits per heavy atom. The van der Waals surface area contributed by atoms with Gasteiger partial charge in [-0.15, -0.1) is 0 Å². The van der Waals surface area contributed by atoms with E-state index in [-0.39, 0.29) is 5.82 Å². The van der Waals surface area contributed by atoms with Crippen molar-refractivity contribution in [1.82, 2.24) is 24.3 Å². The van der Waals surface area contributed by atoms with Gasteiger partial charge in [0.2, 0.25) is 0 Å². The molecule has 1 N–H and O–H groups in total. The van der Waals surface area contributed by atoms with E-state index in [9.17, 15) is 4.39 Å². The van der Waals surface area contributed by atoms with Gasteiger partial charge in [-0.05, 0) is 12.0 Å². The summed E-state index contributed by atoms with van der Waals surface area (Å²) in [6.07, 6.45) is 9.65. The Balaban J connectivity index is 1.84. The fraction of sp³-hybridized carbons (Fsp3) is 0.235. The van der Waals surface area contributed by atoms with Crippen LogP contribution in [0.1, 0.15) is 19.7 Å².